The van der Waals surface area contributed by atoms with Gasteiger partial charge in [-0.3, -0.25) is 14.7 Å². The quantitative estimate of drug-likeness (QED) is 0.213. The number of fused-ring (bicyclic) bond motifs is 2. The lowest BCUT2D eigenvalue weighted by molar-refractivity contribution is 0.101. The molecule has 0 spiro atoms. The molecule has 5 aromatic rings. The van der Waals surface area contributed by atoms with Gasteiger partial charge in [0.05, 0.1) is 16.4 Å². The first-order valence-electron chi connectivity index (χ1n) is 15.5. The lowest BCUT2D eigenvalue weighted by atomic mass is 9.98. The van der Waals surface area contributed by atoms with Crippen LogP contribution in [0.2, 0.25) is 5.02 Å². The molecular formula is C35H37ClN8O. The third-order valence-corrected chi connectivity index (χ3v) is 9.44. The number of nitrogens with one attached hydrogen (secondary N) is 2. The van der Waals surface area contributed by atoms with Gasteiger partial charge in [-0.05, 0) is 80.9 Å². The number of likely N-dealkylation sites (tertiary alicyclic amines) is 1. The Balaban J connectivity index is 1.14. The van der Waals surface area contributed by atoms with Crippen LogP contribution in [0.15, 0.2) is 60.9 Å². The van der Waals surface area contributed by atoms with Crippen LogP contribution in [0.1, 0.15) is 46.0 Å². The molecule has 9 nitrogen and oxygen atoms in total. The molecule has 0 saturated carbocycles. The smallest absolute Gasteiger partial charge is 0.291 e. The number of aromatic nitrogens is 4. The number of amides is 1. The van der Waals surface area contributed by atoms with Gasteiger partial charge in [-0.15, -0.1) is 0 Å². The number of rotatable bonds is 7. The van der Waals surface area contributed by atoms with Crippen molar-refractivity contribution in [2.45, 2.75) is 39.3 Å². The SMILES string of the molecule is Cc1c(Nc2nccc3cc(CN4CCCC4)cnc23)cccc1-c1cccc(NC(=O)c2nc3c(n2C)CCN(C)C3)c1Cl. The summed E-state index contributed by atoms with van der Waals surface area (Å²) >= 11 is 6.98. The second-order valence-corrected chi connectivity index (χ2v) is 12.5. The molecule has 3 aromatic heterocycles. The van der Waals surface area contributed by atoms with Crippen molar-refractivity contribution in [1.82, 2.24) is 29.3 Å². The standard InChI is InChI=1S/C35H37ClN8O/c1-22-25(26-9-7-11-28(31(26)36)41-35(45)34-40-29-21-42(2)17-13-30(29)43(34)3)8-6-10-27(22)39-33-32-24(12-14-37-33)18-23(19-38-32)20-44-15-4-5-16-44/h6-12,14,18-19H,4-5,13,15-17,20-21H2,1-3H3,(H,37,39)(H,41,45). The van der Waals surface area contributed by atoms with Crippen LogP contribution in [0.3, 0.4) is 0 Å². The Kier molecular flexibility index (Phi) is 7.99. The van der Waals surface area contributed by atoms with Gasteiger partial charge in [-0.1, -0.05) is 35.9 Å². The predicted octanol–water partition coefficient (Wildman–Crippen LogP) is 6.57. The fourth-order valence-corrected chi connectivity index (χ4v) is 6.82. The topological polar surface area (TPSA) is 91.2 Å². The Bertz CT molecular complexity index is 1910. The highest BCUT2D eigenvalue weighted by atomic mass is 35.5. The number of imidazole rings is 1. The van der Waals surface area contributed by atoms with Crippen molar-refractivity contribution in [3.63, 3.8) is 0 Å². The van der Waals surface area contributed by atoms with E-state index in [1.165, 1.54) is 18.4 Å². The number of anilines is 3. The van der Waals surface area contributed by atoms with Crippen LogP contribution in [-0.4, -0.2) is 61.9 Å². The molecule has 0 aliphatic carbocycles. The number of carbonyl (C=O) groups is 1. The maximum absolute atomic E-state index is 13.4. The van der Waals surface area contributed by atoms with E-state index < -0.39 is 0 Å². The largest absolute Gasteiger partial charge is 0.338 e. The van der Waals surface area contributed by atoms with E-state index in [-0.39, 0.29) is 5.91 Å². The van der Waals surface area contributed by atoms with Gasteiger partial charge < -0.3 is 20.1 Å². The average Bonchev–Trinajstić information content (AvgIpc) is 3.66. The Morgan fingerprint density at radius 3 is 2.58 bits per heavy atom. The molecule has 45 heavy (non-hydrogen) atoms. The fraction of sp³-hybridized carbons (Fsp3) is 0.314. The van der Waals surface area contributed by atoms with Crippen LogP contribution >= 0.6 is 11.6 Å². The van der Waals surface area contributed by atoms with Crippen molar-refractivity contribution < 1.29 is 4.79 Å². The molecule has 7 rings (SSSR count). The van der Waals surface area contributed by atoms with Gasteiger partial charge in [0, 0.05) is 67.8 Å². The van der Waals surface area contributed by atoms with Gasteiger partial charge in [0.25, 0.3) is 5.91 Å². The number of likely N-dealkylation sites (N-methyl/N-ethyl adjacent to an activating group) is 1. The van der Waals surface area contributed by atoms with Crippen molar-refractivity contribution in [2.24, 2.45) is 7.05 Å². The summed E-state index contributed by atoms with van der Waals surface area (Å²) in [5.41, 5.74) is 8.35. The summed E-state index contributed by atoms with van der Waals surface area (Å²) in [6, 6.07) is 16.0. The molecule has 0 unspecified atom stereocenters. The Hall–Kier alpha value is -4.31. The Morgan fingerprint density at radius 1 is 0.978 bits per heavy atom. The molecule has 1 fully saturated rings. The first kappa shape index (κ1) is 29.4. The van der Waals surface area contributed by atoms with Gasteiger partial charge in [-0.25, -0.2) is 9.97 Å². The zero-order chi connectivity index (χ0) is 31.1. The third-order valence-electron chi connectivity index (χ3n) is 9.03. The maximum Gasteiger partial charge on any atom is 0.291 e. The highest BCUT2D eigenvalue weighted by molar-refractivity contribution is 6.36. The van der Waals surface area contributed by atoms with E-state index in [9.17, 15) is 4.79 Å². The summed E-state index contributed by atoms with van der Waals surface area (Å²) in [6.45, 7) is 6.97. The van der Waals surface area contributed by atoms with E-state index in [2.05, 4.69) is 50.4 Å². The number of halogens is 1. The predicted molar refractivity (Wildman–Crippen MR) is 180 cm³/mol. The molecule has 5 heterocycles. The van der Waals surface area contributed by atoms with Crippen molar-refractivity contribution in [3.05, 3.63) is 94.3 Å². The Labute approximate surface area is 268 Å². The molecule has 2 aliphatic rings. The van der Waals surface area contributed by atoms with E-state index in [1.54, 1.807) is 0 Å². The number of hydrogen-bond donors (Lipinski definition) is 2. The summed E-state index contributed by atoms with van der Waals surface area (Å²) in [7, 11) is 3.97. The molecule has 0 atom stereocenters. The van der Waals surface area contributed by atoms with Crippen LogP contribution in [0.5, 0.6) is 0 Å². The molecule has 0 radical (unpaired) electrons. The van der Waals surface area contributed by atoms with Crippen molar-refractivity contribution >= 4 is 45.6 Å². The highest BCUT2D eigenvalue weighted by Crippen LogP contribution is 2.38. The second kappa shape index (κ2) is 12.2. The van der Waals surface area contributed by atoms with Crippen LogP contribution in [-0.2, 0) is 26.6 Å². The van der Waals surface area contributed by atoms with E-state index >= 15 is 0 Å². The van der Waals surface area contributed by atoms with Crippen LogP contribution in [0.25, 0.3) is 22.0 Å². The summed E-state index contributed by atoms with van der Waals surface area (Å²) in [4.78, 5) is 32.2. The molecule has 230 valence electrons. The molecule has 2 N–H and O–H groups in total. The normalized spacial score (nSPS) is 15.4. The average molecular weight is 621 g/mol. The van der Waals surface area contributed by atoms with Gasteiger partial charge in [0.2, 0.25) is 0 Å². The lowest BCUT2D eigenvalue weighted by Crippen LogP contribution is -2.27. The van der Waals surface area contributed by atoms with Gasteiger partial charge >= 0.3 is 0 Å². The molecule has 0 bridgehead atoms. The first-order valence-corrected chi connectivity index (χ1v) is 15.9. The number of pyridine rings is 2. The monoisotopic (exact) mass is 620 g/mol. The molecule has 2 aliphatic heterocycles. The summed E-state index contributed by atoms with van der Waals surface area (Å²) in [5, 5.41) is 8.07. The molecular weight excluding hydrogens is 584 g/mol. The minimum absolute atomic E-state index is 0.279. The van der Waals surface area contributed by atoms with Crippen LogP contribution in [0, 0.1) is 6.92 Å². The number of hydrogen-bond acceptors (Lipinski definition) is 7. The summed E-state index contributed by atoms with van der Waals surface area (Å²) in [5.74, 6) is 0.814. The summed E-state index contributed by atoms with van der Waals surface area (Å²) < 4.78 is 1.90. The number of carbonyl (C=O) groups excluding carboxylic acids is 1. The van der Waals surface area contributed by atoms with E-state index in [0.717, 1.165) is 83.8 Å². The number of benzene rings is 2. The first-order chi connectivity index (χ1) is 21.9. The van der Waals surface area contributed by atoms with Crippen molar-refractivity contribution in [1.29, 1.82) is 0 Å². The van der Waals surface area contributed by atoms with Gasteiger partial charge in [0.15, 0.2) is 11.6 Å². The van der Waals surface area contributed by atoms with E-state index in [1.807, 2.05) is 66.5 Å². The van der Waals surface area contributed by atoms with Gasteiger partial charge in [-0.2, -0.15) is 0 Å². The Morgan fingerprint density at radius 2 is 1.76 bits per heavy atom. The summed E-state index contributed by atoms with van der Waals surface area (Å²) in [6.07, 6.45) is 7.20. The van der Waals surface area contributed by atoms with Gasteiger partial charge in [0.1, 0.15) is 5.52 Å². The lowest BCUT2D eigenvalue weighted by Gasteiger charge is -2.21. The molecule has 1 saturated heterocycles. The number of nitrogens with zero attached hydrogens (tertiary/aromatic N) is 6. The molecule has 1 amide bonds. The highest BCUT2D eigenvalue weighted by Gasteiger charge is 2.25. The molecule has 10 heteroatoms. The zero-order valence-electron chi connectivity index (χ0n) is 25.9. The minimum Gasteiger partial charge on any atom is -0.338 e. The van der Waals surface area contributed by atoms with Crippen LogP contribution < -0.4 is 10.6 Å². The second-order valence-electron chi connectivity index (χ2n) is 12.2. The zero-order valence-corrected chi connectivity index (χ0v) is 26.7. The maximum atomic E-state index is 13.4. The fourth-order valence-electron chi connectivity index (χ4n) is 6.55. The van der Waals surface area contributed by atoms with E-state index in [0.29, 0.717) is 22.4 Å². The minimum atomic E-state index is -0.279. The van der Waals surface area contributed by atoms with Crippen LogP contribution in [0.4, 0.5) is 17.2 Å². The van der Waals surface area contributed by atoms with Crippen molar-refractivity contribution in [2.75, 3.05) is 37.3 Å². The third kappa shape index (κ3) is 5.79. The van der Waals surface area contributed by atoms with Crippen molar-refractivity contribution in [3.8, 4) is 11.1 Å². The molecule has 2 aromatic carbocycles. The van der Waals surface area contributed by atoms with E-state index in [4.69, 9.17) is 16.6 Å².